The van der Waals surface area contributed by atoms with Crippen LogP contribution in [0.5, 0.6) is 0 Å². The third kappa shape index (κ3) is 1.53. The number of nitrogens with zero attached hydrogens (tertiary/aromatic N) is 1. The molecule has 0 spiro atoms. The van der Waals surface area contributed by atoms with E-state index in [-0.39, 0.29) is 0 Å². The predicted molar refractivity (Wildman–Crippen MR) is 54.8 cm³/mol. The van der Waals surface area contributed by atoms with Crippen LogP contribution in [0.4, 0.5) is 0 Å². The summed E-state index contributed by atoms with van der Waals surface area (Å²) in [5, 5.41) is 0. The lowest BCUT2D eigenvalue weighted by Gasteiger charge is -1.99. The first-order valence-corrected chi connectivity index (χ1v) is 5.06. The maximum atomic E-state index is 4.38. The van der Waals surface area contributed by atoms with E-state index in [0.29, 0.717) is 0 Å². The van der Waals surface area contributed by atoms with Crippen LogP contribution in [-0.4, -0.2) is 11.5 Å². The Morgan fingerprint density at radius 3 is 3.00 bits per heavy atom. The Hall–Kier alpha value is -0.760. The van der Waals surface area contributed by atoms with Crippen LogP contribution in [0.15, 0.2) is 28.7 Å². The summed E-state index contributed by atoms with van der Waals surface area (Å²) in [4.78, 5) is 0. The molecule has 2 rings (SSSR count). The zero-order valence-corrected chi connectivity index (χ0v) is 7.90. The van der Waals surface area contributed by atoms with E-state index in [2.05, 4.69) is 35.6 Å². The van der Waals surface area contributed by atoms with Crippen molar-refractivity contribution in [2.24, 2.45) is 4.40 Å². The molecule has 0 atom stereocenters. The van der Waals surface area contributed by atoms with Crippen LogP contribution in [0.1, 0.15) is 17.5 Å². The third-order valence-electron chi connectivity index (χ3n) is 1.96. The zero-order valence-electron chi connectivity index (χ0n) is 7.08. The second-order valence-electron chi connectivity index (χ2n) is 2.99. The van der Waals surface area contributed by atoms with Gasteiger partial charge in [-0.05, 0) is 24.4 Å². The summed E-state index contributed by atoms with van der Waals surface area (Å²) in [7, 11) is 0. The van der Waals surface area contributed by atoms with Gasteiger partial charge in [0.15, 0.2) is 0 Å². The summed E-state index contributed by atoms with van der Waals surface area (Å²) in [6.45, 7) is 2.12. The summed E-state index contributed by atoms with van der Waals surface area (Å²) >= 11 is 1.67. The molecule has 1 aromatic rings. The van der Waals surface area contributed by atoms with E-state index in [1.54, 1.807) is 11.9 Å². The average molecular weight is 177 g/mol. The lowest BCUT2D eigenvalue weighted by molar-refractivity contribution is 1.33. The quantitative estimate of drug-likeness (QED) is 0.601. The fourth-order valence-corrected chi connectivity index (χ4v) is 2.06. The largest absolute Gasteiger partial charge is 0.221 e. The average Bonchev–Trinajstić information content (AvgIpc) is 2.56. The summed E-state index contributed by atoms with van der Waals surface area (Å²) in [6.07, 6.45) is 1.12. The van der Waals surface area contributed by atoms with Gasteiger partial charge in [-0.15, -0.1) is 0 Å². The third-order valence-corrected chi connectivity index (χ3v) is 2.69. The molecule has 0 unspecified atom stereocenters. The first-order valence-electron chi connectivity index (χ1n) is 4.12. The van der Waals surface area contributed by atoms with Crippen LogP contribution < -0.4 is 0 Å². The van der Waals surface area contributed by atoms with Crippen LogP contribution in [0.25, 0.3) is 0 Å². The molecular weight excluding hydrogens is 166 g/mol. The molecule has 0 N–H and O–H groups in total. The minimum atomic E-state index is 1.12. The van der Waals surface area contributed by atoms with Gasteiger partial charge in [-0.25, -0.2) is 4.40 Å². The van der Waals surface area contributed by atoms with E-state index in [4.69, 9.17) is 0 Å². The van der Waals surface area contributed by atoms with Crippen molar-refractivity contribution in [2.75, 3.05) is 5.75 Å². The molecule has 0 saturated heterocycles. The summed E-state index contributed by atoms with van der Waals surface area (Å²) in [6, 6.07) is 8.55. The molecule has 62 valence electrons. The number of rotatable bonds is 1. The molecule has 1 heterocycles. The number of hydrogen-bond acceptors (Lipinski definition) is 2. The maximum Gasteiger partial charge on any atom is 0.0568 e. The van der Waals surface area contributed by atoms with E-state index < -0.39 is 0 Å². The Morgan fingerprint density at radius 1 is 1.42 bits per heavy atom. The number of hydrogen-bond donors (Lipinski definition) is 0. The molecule has 2 heteroatoms. The monoisotopic (exact) mass is 177 g/mol. The topological polar surface area (TPSA) is 12.4 Å². The van der Waals surface area contributed by atoms with E-state index in [1.165, 1.54) is 16.8 Å². The molecule has 1 aromatic carbocycles. The predicted octanol–water partition coefficient (Wildman–Crippen LogP) is 2.84. The van der Waals surface area contributed by atoms with Gasteiger partial charge in [-0.1, -0.05) is 29.8 Å². The second kappa shape index (κ2) is 3.31. The Labute approximate surface area is 77.0 Å². The Kier molecular flexibility index (Phi) is 2.17. The molecule has 0 fully saturated rings. The molecule has 0 radical (unpaired) electrons. The first-order chi connectivity index (χ1) is 5.86. The van der Waals surface area contributed by atoms with E-state index in [0.717, 1.165) is 12.2 Å². The molecule has 1 aliphatic rings. The van der Waals surface area contributed by atoms with Crippen molar-refractivity contribution in [3.8, 4) is 0 Å². The standard InChI is InChI=1S/C10H11NS/c1-8-3-2-4-9(7-8)10-5-6-12-11-10/h2-4,7H,5-6H2,1H3. The fourth-order valence-electron chi connectivity index (χ4n) is 1.33. The first kappa shape index (κ1) is 7.87. The molecule has 0 amide bonds. The number of aryl methyl sites for hydroxylation is 1. The Morgan fingerprint density at radius 2 is 2.33 bits per heavy atom. The summed E-state index contributed by atoms with van der Waals surface area (Å²) in [5.74, 6) is 1.14. The maximum absolute atomic E-state index is 4.38. The molecule has 1 aliphatic heterocycles. The van der Waals surface area contributed by atoms with Gasteiger partial charge in [0.25, 0.3) is 0 Å². The molecule has 1 nitrogen and oxygen atoms in total. The lowest BCUT2D eigenvalue weighted by atomic mass is 10.1. The van der Waals surface area contributed by atoms with Crippen LogP contribution in [-0.2, 0) is 0 Å². The molecule has 12 heavy (non-hydrogen) atoms. The fraction of sp³-hybridized carbons (Fsp3) is 0.300. The van der Waals surface area contributed by atoms with Crippen molar-refractivity contribution in [1.82, 2.24) is 0 Å². The molecule has 0 bridgehead atoms. The second-order valence-corrected chi connectivity index (χ2v) is 3.84. The van der Waals surface area contributed by atoms with Gasteiger partial charge in [0.05, 0.1) is 5.71 Å². The van der Waals surface area contributed by atoms with Crippen molar-refractivity contribution in [2.45, 2.75) is 13.3 Å². The van der Waals surface area contributed by atoms with E-state index in [9.17, 15) is 0 Å². The van der Waals surface area contributed by atoms with Gasteiger partial charge in [-0.3, -0.25) is 0 Å². The van der Waals surface area contributed by atoms with Gasteiger partial charge in [0, 0.05) is 12.2 Å². The highest BCUT2D eigenvalue weighted by Crippen LogP contribution is 2.20. The van der Waals surface area contributed by atoms with Gasteiger partial charge in [0.1, 0.15) is 0 Å². The van der Waals surface area contributed by atoms with Crippen LogP contribution >= 0.6 is 11.9 Å². The highest BCUT2D eigenvalue weighted by atomic mass is 32.2. The Balaban J connectivity index is 2.33. The van der Waals surface area contributed by atoms with Gasteiger partial charge in [-0.2, -0.15) is 0 Å². The van der Waals surface area contributed by atoms with Crippen molar-refractivity contribution in [1.29, 1.82) is 0 Å². The minimum absolute atomic E-state index is 1.12. The highest BCUT2D eigenvalue weighted by molar-refractivity contribution is 7.98. The summed E-state index contributed by atoms with van der Waals surface area (Å²) < 4.78 is 4.38. The van der Waals surface area contributed by atoms with Crippen LogP contribution in [0.2, 0.25) is 0 Å². The SMILES string of the molecule is Cc1cccc(C2=NSCC2)c1. The van der Waals surface area contributed by atoms with Crippen LogP contribution in [0.3, 0.4) is 0 Å². The van der Waals surface area contributed by atoms with Gasteiger partial charge >= 0.3 is 0 Å². The number of benzene rings is 1. The molecule has 0 aliphatic carbocycles. The lowest BCUT2D eigenvalue weighted by Crippen LogP contribution is -1.96. The molecule has 0 aromatic heterocycles. The summed E-state index contributed by atoms with van der Waals surface area (Å²) in [5.41, 5.74) is 3.86. The molecule has 0 saturated carbocycles. The van der Waals surface area contributed by atoms with Crippen molar-refractivity contribution in [3.63, 3.8) is 0 Å². The van der Waals surface area contributed by atoms with Crippen molar-refractivity contribution < 1.29 is 0 Å². The van der Waals surface area contributed by atoms with Crippen LogP contribution in [0, 0.1) is 6.92 Å². The van der Waals surface area contributed by atoms with E-state index in [1.807, 2.05) is 0 Å². The van der Waals surface area contributed by atoms with Gasteiger partial charge in [0.2, 0.25) is 0 Å². The normalized spacial score (nSPS) is 16.2. The van der Waals surface area contributed by atoms with Crippen molar-refractivity contribution >= 4 is 17.7 Å². The smallest absolute Gasteiger partial charge is 0.0568 e. The Bertz CT molecular complexity index is 317. The highest BCUT2D eigenvalue weighted by Gasteiger charge is 2.08. The zero-order chi connectivity index (χ0) is 8.39. The van der Waals surface area contributed by atoms with E-state index >= 15 is 0 Å². The minimum Gasteiger partial charge on any atom is -0.221 e. The van der Waals surface area contributed by atoms with Gasteiger partial charge < -0.3 is 0 Å². The van der Waals surface area contributed by atoms with Crippen molar-refractivity contribution in [3.05, 3.63) is 35.4 Å². The molecular formula is C10H11NS.